The van der Waals surface area contributed by atoms with Crippen molar-refractivity contribution in [1.29, 1.82) is 0 Å². The van der Waals surface area contributed by atoms with Gasteiger partial charge in [-0.15, -0.1) is 0 Å². The van der Waals surface area contributed by atoms with Crippen molar-refractivity contribution in [3.63, 3.8) is 0 Å². The van der Waals surface area contributed by atoms with Crippen LogP contribution in [-0.2, 0) is 20.9 Å². The Morgan fingerprint density at radius 1 is 1.31 bits per heavy atom. The molecule has 0 aliphatic carbocycles. The average Bonchev–Trinajstić information content (AvgIpc) is 3.18. The van der Waals surface area contributed by atoms with Crippen LogP contribution < -0.4 is 5.32 Å². The summed E-state index contributed by atoms with van der Waals surface area (Å²) in [5.74, 6) is -0.958. The quantitative estimate of drug-likeness (QED) is 0.581. The highest BCUT2D eigenvalue weighted by atomic mass is 16.5. The third-order valence-corrected chi connectivity index (χ3v) is 4.18. The molecule has 9 nitrogen and oxygen atoms in total. The molecule has 1 aliphatic rings. The van der Waals surface area contributed by atoms with Gasteiger partial charge in [0.25, 0.3) is 5.91 Å². The molecule has 2 aromatic rings. The number of imidazole rings is 1. The van der Waals surface area contributed by atoms with Crippen LogP contribution in [0.2, 0.25) is 0 Å². The minimum Gasteiger partial charge on any atom is -0.466 e. The summed E-state index contributed by atoms with van der Waals surface area (Å²) < 4.78 is 6.58. The second-order valence-corrected chi connectivity index (χ2v) is 5.79. The van der Waals surface area contributed by atoms with E-state index in [1.165, 1.54) is 12.0 Å². The molecule has 3 rings (SSSR count). The number of aliphatic hydroxyl groups excluding tert-OH is 2. The molecule has 1 aromatic heterocycles. The van der Waals surface area contributed by atoms with Crippen LogP contribution in [0.5, 0.6) is 0 Å². The fourth-order valence-electron chi connectivity index (χ4n) is 2.92. The molecule has 0 saturated carbocycles. The van der Waals surface area contributed by atoms with E-state index in [2.05, 4.69) is 10.3 Å². The van der Waals surface area contributed by atoms with E-state index < -0.39 is 5.97 Å². The number of methoxy groups -OCH3 is 1. The highest BCUT2D eigenvalue weighted by molar-refractivity contribution is 6.08. The lowest BCUT2D eigenvalue weighted by atomic mass is 10.2. The van der Waals surface area contributed by atoms with Crippen molar-refractivity contribution in [3.8, 4) is 0 Å². The highest BCUT2D eigenvalue weighted by Crippen LogP contribution is 2.25. The Hall–Kier alpha value is -2.91. The summed E-state index contributed by atoms with van der Waals surface area (Å²) in [5, 5.41) is 21.1. The molecule has 1 aliphatic heterocycles. The summed E-state index contributed by atoms with van der Waals surface area (Å²) in [5.41, 5.74) is 2.51. The zero-order chi connectivity index (χ0) is 18.7. The molecule has 0 spiro atoms. The molecule has 1 aromatic carbocycles. The SMILES string of the molecule is COC(=O)C1=C(Nc2ccc3c(c2)ncn3CCO)C(=O)N(CCO)C1. The number of carbonyl (C=O) groups excluding carboxylic acids is 2. The van der Waals surface area contributed by atoms with Gasteiger partial charge in [-0.3, -0.25) is 4.79 Å². The molecule has 1 amide bonds. The van der Waals surface area contributed by atoms with Gasteiger partial charge in [0.1, 0.15) is 5.70 Å². The van der Waals surface area contributed by atoms with Gasteiger partial charge in [0.15, 0.2) is 0 Å². The maximum atomic E-state index is 12.5. The van der Waals surface area contributed by atoms with Crippen molar-refractivity contribution in [2.24, 2.45) is 0 Å². The molecule has 2 heterocycles. The number of hydrogen-bond donors (Lipinski definition) is 3. The average molecular weight is 360 g/mol. The number of β-amino-alcohol motifs (C(OH)–C–C–N with tert-alkyl or cyclic N) is 1. The minimum absolute atomic E-state index is 0.00995. The smallest absolute Gasteiger partial charge is 0.337 e. The largest absolute Gasteiger partial charge is 0.466 e. The lowest BCUT2D eigenvalue weighted by Gasteiger charge is -2.15. The molecule has 0 unspecified atom stereocenters. The molecule has 0 bridgehead atoms. The predicted octanol–water partition coefficient (Wildman–Crippen LogP) is -0.298. The number of anilines is 1. The van der Waals surface area contributed by atoms with Gasteiger partial charge in [-0.1, -0.05) is 0 Å². The topological polar surface area (TPSA) is 117 Å². The lowest BCUT2D eigenvalue weighted by Crippen LogP contribution is -2.31. The molecule has 0 atom stereocenters. The highest BCUT2D eigenvalue weighted by Gasteiger charge is 2.34. The first-order valence-corrected chi connectivity index (χ1v) is 8.13. The van der Waals surface area contributed by atoms with E-state index >= 15 is 0 Å². The summed E-state index contributed by atoms with van der Waals surface area (Å²) >= 11 is 0. The van der Waals surface area contributed by atoms with E-state index in [0.717, 1.165) is 5.52 Å². The number of nitrogens with zero attached hydrogens (tertiary/aromatic N) is 3. The Morgan fingerprint density at radius 3 is 2.77 bits per heavy atom. The van der Waals surface area contributed by atoms with Gasteiger partial charge in [-0.2, -0.15) is 0 Å². The van der Waals surface area contributed by atoms with Crippen LogP contribution in [0.25, 0.3) is 11.0 Å². The second-order valence-electron chi connectivity index (χ2n) is 5.79. The Kier molecular flexibility index (Phi) is 5.19. The summed E-state index contributed by atoms with van der Waals surface area (Å²) in [6, 6.07) is 5.35. The first-order chi connectivity index (χ1) is 12.6. The fraction of sp³-hybridized carbons (Fsp3) is 0.353. The third-order valence-electron chi connectivity index (χ3n) is 4.18. The van der Waals surface area contributed by atoms with E-state index in [9.17, 15) is 9.59 Å². The lowest BCUT2D eigenvalue weighted by molar-refractivity contribution is -0.136. The molecule has 9 heteroatoms. The molecular weight excluding hydrogens is 340 g/mol. The molecule has 0 radical (unpaired) electrons. The number of nitrogens with one attached hydrogen (secondary N) is 1. The van der Waals surface area contributed by atoms with Crippen molar-refractivity contribution in [3.05, 3.63) is 35.8 Å². The van der Waals surface area contributed by atoms with E-state index in [1.54, 1.807) is 18.5 Å². The molecule has 3 N–H and O–H groups in total. The van der Waals surface area contributed by atoms with Gasteiger partial charge in [0.2, 0.25) is 0 Å². The summed E-state index contributed by atoms with van der Waals surface area (Å²) in [4.78, 5) is 30.2. The van der Waals surface area contributed by atoms with E-state index in [-0.39, 0.29) is 43.5 Å². The van der Waals surface area contributed by atoms with Crippen LogP contribution >= 0.6 is 0 Å². The van der Waals surface area contributed by atoms with E-state index in [4.69, 9.17) is 14.9 Å². The molecule has 138 valence electrons. The first-order valence-electron chi connectivity index (χ1n) is 8.13. The van der Waals surface area contributed by atoms with Gasteiger partial charge < -0.3 is 29.7 Å². The van der Waals surface area contributed by atoms with Crippen molar-refractivity contribution in [2.75, 3.05) is 38.7 Å². The maximum Gasteiger partial charge on any atom is 0.337 e. The normalized spacial score (nSPS) is 14.4. The van der Waals surface area contributed by atoms with Gasteiger partial charge in [0, 0.05) is 18.8 Å². The minimum atomic E-state index is -0.588. The second kappa shape index (κ2) is 7.54. The molecule has 0 saturated heterocycles. The standard InChI is InChI=1S/C17H20N4O5/c1-26-17(25)12-9-20(4-6-22)16(24)15(12)19-11-2-3-14-13(8-11)18-10-21(14)5-7-23/h2-3,8,10,19,22-23H,4-7,9H2,1H3. The van der Waals surface area contributed by atoms with Crippen LogP contribution in [0.1, 0.15) is 0 Å². The first kappa shape index (κ1) is 17.9. The van der Waals surface area contributed by atoms with Gasteiger partial charge in [-0.25, -0.2) is 9.78 Å². The Morgan fingerprint density at radius 2 is 2.08 bits per heavy atom. The van der Waals surface area contributed by atoms with E-state index in [0.29, 0.717) is 17.7 Å². The van der Waals surface area contributed by atoms with Crippen LogP contribution in [0.3, 0.4) is 0 Å². The number of ether oxygens (including phenoxy) is 1. The van der Waals surface area contributed by atoms with Crippen LogP contribution in [0.15, 0.2) is 35.8 Å². The maximum absolute atomic E-state index is 12.5. The monoisotopic (exact) mass is 360 g/mol. The number of fused-ring (bicyclic) bond motifs is 1. The Bertz CT molecular complexity index is 873. The number of rotatable bonds is 7. The number of aliphatic hydroxyl groups is 2. The van der Waals surface area contributed by atoms with Gasteiger partial charge >= 0.3 is 5.97 Å². The zero-order valence-corrected chi connectivity index (χ0v) is 14.3. The van der Waals surface area contributed by atoms with E-state index in [1.807, 2.05) is 10.6 Å². The predicted molar refractivity (Wildman–Crippen MR) is 93.1 cm³/mol. The Labute approximate surface area is 149 Å². The third kappa shape index (κ3) is 3.26. The number of benzene rings is 1. The number of esters is 1. The Balaban J connectivity index is 1.90. The molecule has 0 fully saturated rings. The van der Waals surface area contributed by atoms with Crippen LogP contribution in [0.4, 0.5) is 5.69 Å². The van der Waals surface area contributed by atoms with Crippen LogP contribution in [-0.4, -0.2) is 70.0 Å². The summed E-state index contributed by atoms with van der Waals surface area (Å²) in [7, 11) is 1.26. The number of aromatic nitrogens is 2. The summed E-state index contributed by atoms with van der Waals surface area (Å²) in [6.45, 7) is 0.476. The fourth-order valence-corrected chi connectivity index (χ4v) is 2.92. The zero-order valence-electron chi connectivity index (χ0n) is 14.3. The van der Waals surface area contributed by atoms with Crippen molar-refractivity contribution in [1.82, 2.24) is 14.5 Å². The summed E-state index contributed by atoms with van der Waals surface area (Å²) in [6.07, 6.45) is 1.63. The van der Waals surface area contributed by atoms with Crippen molar-refractivity contribution < 1.29 is 24.5 Å². The van der Waals surface area contributed by atoms with Crippen LogP contribution in [0, 0.1) is 0 Å². The molecule has 26 heavy (non-hydrogen) atoms. The van der Waals surface area contributed by atoms with Crippen molar-refractivity contribution in [2.45, 2.75) is 6.54 Å². The van der Waals surface area contributed by atoms with Crippen molar-refractivity contribution >= 4 is 28.6 Å². The molecular formula is C17H20N4O5. The number of amides is 1. The number of carbonyl (C=O) groups is 2. The van der Waals surface area contributed by atoms with Gasteiger partial charge in [0.05, 0.1) is 49.8 Å². The van der Waals surface area contributed by atoms with Gasteiger partial charge in [-0.05, 0) is 18.2 Å². The number of hydrogen-bond acceptors (Lipinski definition) is 7.